The molecule has 0 atom stereocenters. The largest absolute Gasteiger partial charge is 0.351 e. The van der Waals surface area contributed by atoms with E-state index in [4.69, 9.17) is 11.6 Å². The van der Waals surface area contributed by atoms with Gasteiger partial charge in [-0.05, 0) is 31.7 Å². The first-order valence-corrected chi connectivity index (χ1v) is 7.30. The van der Waals surface area contributed by atoms with Gasteiger partial charge in [-0.15, -0.1) is 0 Å². The molecule has 0 saturated carbocycles. The SMILES string of the molecule is CCc1c(C(=O)NCCNC)cnn1-c1cccc(Cl)c1. The number of carbonyl (C=O) groups excluding carboxylic acids is 1. The summed E-state index contributed by atoms with van der Waals surface area (Å²) >= 11 is 6.02. The van der Waals surface area contributed by atoms with Crippen molar-refractivity contribution in [1.29, 1.82) is 0 Å². The summed E-state index contributed by atoms with van der Waals surface area (Å²) in [6.45, 7) is 3.32. The van der Waals surface area contributed by atoms with Gasteiger partial charge >= 0.3 is 0 Å². The Morgan fingerprint density at radius 3 is 2.86 bits per heavy atom. The number of hydrogen-bond acceptors (Lipinski definition) is 3. The number of nitrogens with zero attached hydrogens (tertiary/aromatic N) is 2. The number of nitrogens with one attached hydrogen (secondary N) is 2. The van der Waals surface area contributed by atoms with E-state index < -0.39 is 0 Å². The van der Waals surface area contributed by atoms with E-state index in [1.165, 1.54) is 0 Å². The molecule has 0 unspecified atom stereocenters. The van der Waals surface area contributed by atoms with E-state index in [0.717, 1.165) is 17.9 Å². The predicted octanol–water partition coefficient (Wildman–Crippen LogP) is 2.04. The van der Waals surface area contributed by atoms with Gasteiger partial charge in [0, 0.05) is 18.1 Å². The molecule has 6 heteroatoms. The predicted molar refractivity (Wildman–Crippen MR) is 84.2 cm³/mol. The van der Waals surface area contributed by atoms with Crippen molar-refractivity contribution in [3.8, 4) is 5.69 Å². The second-order valence-corrected chi connectivity index (χ2v) is 5.05. The molecule has 0 aliphatic carbocycles. The second-order valence-electron chi connectivity index (χ2n) is 4.61. The highest BCUT2D eigenvalue weighted by Crippen LogP contribution is 2.19. The molecular weight excluding hydrogens is 288 g/mol. The molecule has 5 nitrogen and oxygen atoms in total. The number of amides is 1. The lowest BCUT2D eigenvalue weighted by molar-refractivity contribution is 0.0953. The van der Waals surface area contributed by atoms with Gasteiger partial charge < -0.3 is 10.6 Å². The first-order chi connectivity index (χ1) is 10.2. The summed E-state index contributed by atoms with van der Waals surface area (Å²) in [5.74, 6) is -0.102. The molecule has 1 heterocycles. The molecule has 0 radical (unpaired) electrons. The lowest BCUT2D eigenvalue weighted by Gasteiger charge is -2.08. The third-order valence-electron chi connectivity index (χ3n) is 3.16. The minimum absolute atomic E-state index is 0.102. The zero-order chi connectivity index (χ0) is 15.2. The second kappa shape index (κ2) is 7.24. The molecule has 2 N–H and O–H groups in total. The summed E-state index contributed by atoms with van der Waals surface area (Å²) in [7, 11) is 1.85. The van der Waals surface area contributed by atoms with Crippen molar-refractivity contribution in [3.05, 3.63) is 46.7 Å². The topological polar surface area (TPSA) is 59.0 Å². The summed E-state index contributed by atoms with van der Waals surface area (Å²) in [6, 6.07) is 7.42. The van der Waals surface area contributed by atoms with Crippen molar-refractivity contribution in [1.82, 2.24) is 20.4 Å². The molecule has 0 saturated heterocycles. The Balaban J connectivity index is 2.28. The molecular formula is C15H19ClN4O. The van der Waals surface area contributed by atoms with Gasteiger partial charge in [0.25, 0.3) is 5.91 Å². The first-order valence-electron chi connectivity index (χ1n) is 6.93. The molecule has 0 spiro atoms. The summed E-state index contributed by atoms with van der Waals surface area (Å²) < 4.78 is 1.76. The van der Waals surface area contributed by atoms with Crippen LogP contribution in [-0.2, 0) is 6.42 Å². The van der Waals surface area contributed by atoms with Crippen LogP contribution in [0.15, 0.2) is 30.5 Å². The summed E-state index contributed by atoms with van der Waals surface area (Å²) in [6.07, 6.45) is 2.32. The van der Waals surface area contributed by atoms with Gasteiger partial charge in [0.15, 0.2) is 0 Å². The van der Waals surface area contributed by atoms with Gasteiger partial charge in [-0.25, -0.2) is 4.68 Å². The maximum Gasteiger partial charge on any atom is 0.254 e. The highest BCUT2D eigenvalue weighted by Gasteiger charge is 2.16. The Labute approximate surface area is 129 Å². The van der Waals surface area contributed by atoms with E-state index in [1.54, 1.807) is 10.9 Å². The molecule has 0 aliphatic heterocycles. The minimum atomic E-state index is -0.102. The van der Waals surface area contributed by atoms with Crippen LogP contribution in [0.5, 0.6) is 0 Å². The molecule has 1 amide bonds. The van der Waals surface area contributed by atoms with E-state index >= 15 is 0 Å². The van der Waals surface area contributed by atoms with Gasteiger partial charge in [0.05, 0.1) is 23.1 Å². The van der Waals surface area contributed by atoms with Crippen LogP contribution in [0.2, 0.25) is 5.02 Å². The number of rotatable bonds is 6. The van der Waals surface area contributed by atoms with E-state index in [-0.39, 0.29) is 5.91 Å². The lowest BCUT2D eigenvalue weighted by atomic mass is 10.2. The Morgan fingerprint density at radius 2 is 2.19 bits per heavy atom. The standard InChI is InChI=1S/C15H19ClN4O/c1-3-14-13(15(21)18-8-7-17-2)10-19-20(14)12-6-4-5-11(16)9-12/h4-6,9-10,17H,3,7-8H2,1-2H3,(H,18,21). The Bertz CT molecular complexity index is 624. The number of hydrogen-bond donors (Lipinski definition) is 2. The van der Waals surface area contributed by atoms with Crippen molar-refractivity contribution in [2.24, 2.45) is 0 Å². The molecule has 112 valence electrons. The van der Waals surface area contributed by atoms with Gasteiger partial charge in [0.2, 0.25) is 0 Å². The molecule has 21 heavy (non-hydrogen) atoms. The maximum atomic E-state index is 12.2. The van der Waals surface area contributed by atoms with E-state index in [0.29, 0.717) is 23.6 Å². The zero-order valence-corrected chi connectivity index (χ0v) is 12.9. The smallest absolute Gasteiger partial charge is 0.254 e. The van der Waals surface area contributed by atoms with E-state index in [9.17, 15) is 4.79 Å². The monoisotopic (exact) mass is 306 g/mol. The van der Waals surface area contributed by atoms with Crippen LogP contribution in [0.3, 0.4) is 0 Å². The average molecular weight is 307 g/mol. The molecule has 2 aromatic rings. The van der Waals surface area contributed by atoms with Gasteiger partial charge in [0.1, 0.15) is 0 Å². The van der Waals surface area contributed by atoms with Crippen LogP contribution in [0, 0.1) is 0 Å². The van der Waals surface area contributed by atoms with Crippen LogP contribution in [0.4, 0.5) is 0 Å². The molecule has 0 aliphatic rings. The fourth-order valence-corrected chi connectivity index (χ4v) is 2.31. The third kappa shape index (κ3) is 3.62. The van der Waals surface area contributed by atoms with Crippen molar-refractivity contribution < 1.29 is 4.79 Å². The Kier molecular flexibility index (Phi) is 5.36. The van der Waals surface area contributed by atoms with E-state index in [2.05, 4.69) is 15.7 Å². The molecule has 0 fully saturated rings. The van der Waals surface area contributed by atoms with Crippen molar-refractivity contribution >= 4 is 17.5 Å². The molecule has 1 aromatic heterocycles. The Hall–Kier alpha value is -1.85. The molecule has 0 bridgehead atoms. The highest BCUT2D eigenvalue weighted by molar-refractivity contribution is 6.30. The highest BCUT2D eigenvalue weighted by atomic mass is 35.5. The third-order valence-corrected chi connectivity index (χ3v) is 3.40. The summed E-state index contributed by atoms with van der Waals surface area (Å²) in [4.78, 5) is 12.2. The molecule has 1 aromatic carbocycles. The van der Waals surface area contributed by atoms with Crippen LogP contribution in [0.25, 0.3) is 5.69 Å². The molecule has 2 rings (SSSR count). The average Bonchev–Trinajstić information content (AvgIpc) is 2.91. The maximum absolute atomic E-state index is 12.2. The van der Waals surface area contributed by atoms with Crippen molar-refractivity contribution in [2.45, 2.75) is 13.3 Å². The van der Waals surface area contributed by atoms with Crippen LogP contribution < -0.4 is 10.6 Å². The van der Waals surface area contributed by atoms with Crippen molar-refractivity contribution in [3.63, 3.8) is 0 Å². The van der Waals surface area contributed by atoms with Gasteiger partial charge in [-0.1, -0.05) is 24.6 Å². The van der Waals surface area contributed by atoms with Crippen molar-refractivity contribution in [2.75, 3.05) is 20.1 Å². The number of likely N-dealkylation sites (N-methyl/N-ethyl adjacent to an activating group) is 1. The lowest BCUT2D eigenvalue weighted by Crippen LogP contribution is -2.30. The zero-order valence-electron chi connectivity index (χ0n) is 12.2. The van der Waals surface area contributed by atoms with Gasteiger partial charge in [-0.2, -0.15) is 5.10 Å². The Morgan fingerprint density at radius 1 is 1.38 bits per heavy atom. The van der Waals surface area contributed by atoms with E-state index in [1.807, 2.05) is 38.2 Å². The fraction of sp³-hybridized carbons (Fsp3) is 0.333. The number of benzene rings is 1. The van der Waals surface area contributed by atoms with Gasteiger partial charge in [-0.3, -0.25) is 4.79 Å². The fourth-order valence-electron chi connectivity index (χ4n) is 2.13. The van der Waals surface area contributed by atoms with Crippen LogP contribution in [-0.4, -0.2) is 35.8 Å². The van der Waals surface area contributed by atoms with Crippen LogP contribution in [0.1, 0.15) is 23.0 Å². The minimum Gasteiger partial charge on any atom is -0.351 e. The number of carbonyl (C=O) groups is 1. The summed E-state index contributed by atoms with van der Waals surface area (Å²) in [5, 5.41) is 10.8. The summed E-state index contributed by atoms with van der Waals surface area (Å²) in [5.41, 5.74) is 2.33. The number of halogens is 1. The van der Waals surface area contributed by atoms with Crippen LogP contribution >= 0.6 is 11.6 Å². The normalized spacial score (nSPS) is 10.6. The first kappa shape index (κ1) is 15.5. The number of aromatic nitrogens is 2. The quantitative estimate of drug-likeness (QED) is 0.803.